The van der Waals surface area contributed by atoms with Gasteiger partial charge in [0.15, 0.2) is 0 Å². The zero-order chi connectivity index (χ0) is 12.1. The number of ketones is 1. The number of rotatable bonds is 5. The van der Waals surface area contributed by atoms with E-state index in [0.29, 0.717) is 13.2 Å². The Morgan fingerprint density at radius 1 is 1.50 bits per heavy atom. The molecular weight excluding hydrogens is 207 g/mol. The van der Waals surface area contributed by atoms with Gasteiger partial charge in [-0.15, -0.1) is 0 Å². The third-order valence-electron chi connectivity index (χ3n) is 2.71. The Kier molecular flexibility index (Phi) is 4.95. The van der Waals surface area contributed by atoms with Crippen LogP contribution in [0.1, 0.15) is 6.92 Å². The molecule has 0 bridgehead atoms. The van der Waals surface area contributed by atoms with E-state index in [-0.39, 0.29) is 36.6 Å². The summed E-state index contributed by atoms with van der Waals surface area (Å²) < 4.78 is 5.31. The van der Waals surface area contributed by atoms with E-state index in [1.54, 1.807) is 0 Å². The molecule has 5 nitrogen and oxygen atoms in total. The second kappa shape index (κ2) is 6.01. The van der Waals surface area contributed by atoms with E-state index in [1.807, 2.05) is 7.05 Å². The molecule has 0 saturated carbocycles. The first-order valence-corrected chi connectivity index (χ1v) is 5.34. The quantitative estimate of drug-likeness (QED) is 0.607. The van der Waals surface area contributed by atoms with Gasteiger partial charge in [0, 0.05) is 0 Å². The molecular formula is C10H17BN2O3. The summed E-state index contributed by atoms with van der Waals surface area (Å²) in [5.74, 6) is -0.269. The fourth-order valence-corrected chi connectivity index (χ4v) is 1.87. The van der Waals surface area contributed by atoms with Gasteiger partial charge in [0.05, 0.1) is 39.7 Å². The highest BCUT2D eigenvalue weighted by atomic mass is 16.5. The van der Waals surface area contributed by atoms with Gasteiger partial charge in [-0.2, -0.15) is 0 Å². The highest BCUT2D eigenvalue weighted by Crippen LogP contribution is 2.14. The summed E-state index contributed by atoms with van der Waals surface area (Å²) in [7, 11) is 7.15. The SMILES string of the molecule is [B]CC(=O)N(CC(C)=O)[C@H]1COC[C@@H]1NC. The number of likely N-dealkylation sites (N-methyl/N-ethyl adjacent to an activating group) is 1. The van der Waals surface area contributed by atoms with Crippen LogP contribution in [0.3, 0.4) is 0 Å². The monoisotopic (exact) mass is 224 g/mol. The Morgan fingerprint density at radius 3 is 2.69 bits per heavy atom. The summed E-state index contributed by atoms with van der Waals surface area (Å²) in [5, 5.41) is 3.08. The molecule has 0 aromatic heterocycles. The molecule has 1 rings (SSSR count). The highest BCUT2D eigenvalue weighted by molar-refractivity contribution is 6.19. The number of carbonyl (C=O) groups excluding carboxylic acids is 2. The molecule has 2 radical (unpaired) electrons. The van der Waals surface area contributed by atoms with E-state index in [4.69, 9.17) is 12.6 Å². The average Bonchev–Trinajstić information content (AvgIpc) is 2.72. The predicted octanol–water partition coefficient (Wildman–Crippen LogP) is -1.02. The largest absolute Gasteiger partial charge is 0.378 e. The van der Waals surface area contributed by atoms with Crippen LogP contribution in [0.25, 0.3) is 0 Å². The Labute approximate surface area is 96.9 Å². The third kappa shape index (κ3) is 3.06. The first-order valence-electron chi connectivity index (χ1n) is 5.34. The molecule has 1 fully saturated rings. The normalized spacial score (nSPS) is 24.4. The second-order valence-electron chi connectivity index (χ2n) is 3.93. The van der Waals surface area contributed by atoms with E-state index in [0.717, 1.165) is 0 Å². The Hall–Kier alpha value is -0.875. The van der Waals surface area contributed by atoms with Crippen molar-refractivity contribution in [1.29, 1.82) is 0 Å². The number of hydrogen-bond acceptors (Lipinski definition) is 4. The maximum absolute atomic E-state index is 11.7. The van der Waals surface area contributed by atoms with Crippen LogP contribution in [0.2, 0.25) is 6.32 Å². The van der Waals surface area contributed by atoms with Crippen LogP contribution in [-0.4, -0.2) is 63.3 Å². The van der Waals surface area contributed by atoms with Crippen molar-refractivity contribution in [2.45, 2.75) is 25.3 Å². The minimum atomic E-state index is -0.217. The molecule has 0 unspecified atom stereocenters. The van der Waals surface area contributed by atoms with E-state index < -0.39 is 0 Å². The highest BCUT2D eigenvalue weighted by Gasteiger charge is 2.34. The summed E-state index contributed by atoms with van der Waals surface area (Å²) in [4.78, 5) is 24.3. The molecule has 0 spiro atoms. The number of Topliss-reactive ketones (excluding diaryl/α,β-unsaturated/α-hetero) is 1. The lowest BCUT2D eigenvalue weighted by Crippen LogP contribution is -2.52. The molecule has 0 aliphatic carbocycles. The van der Waals surface area contributed by atoms with Crippen molar-refractivity contribution >= 4 is 19.5 Å². The van der Waals surface area contributed by atoms with E-state index in [1.165, 1.54) is 11.8 Å². The number of nitrogens with zero attached hydrogens (tertiary/aromatic N) is 1. The molecule has 6 heteroatoms. The fraction of sp³-hybridized carbons (Fsp3) is 0.800. The van der Waals surface area contributed by atoms with E-state index in [2.05, 4.69) is 5.32 Å². The third-order valence-corrected chi connectivity index (χ3v) is 2.71. The second-order valence-corrected chi connectivity index (χ2v) is 3.93. The predicted molar refractivity (Wildman–Crippen MR) is 60.4 cm³/mol. The first-order chi connectivity index (χ1) is 7.60. The Bertz CT molecular complexity index is 273. The number of carbonyl (C=O) groups is 2. The van der Waals surface area contributed by atoms with E-state index in [9.17, 15) is 9.59 Å². The van der Waals surface area contributed by atoms with Gasteiger partial charge in [-0.25, -0.2) is 0 Å². The maximum Gasteiger partial charge on any atom is 0.214 e. The van der Waals surface area contributed by atoms with Crippen LogP contribution in [0.5, 0.6) is 0 Å². The lowest BCUT2D eigenvalue weighted by molar-refractivity contribution is -0.135. The van der Waals surface area contributed by atoms with Crippen molar-refractivity contribution in [3.8, 4) is 0 Å². The van der Waals surface area contributed by atoms with Crippen LogP contribution in [0.4, 0.5) is 0 Å². The minimum absolute atomic E-state index is 0.0523. The maximum atomic E-state index is 11.7. The topological polar surface area (TPSA) is 58.6 Å². The van der Waals surface area contributed by atoms with Gasteiger partial charge in [-0.1, -0.05) is 0 Å². The molecule has 1 aliphatic rings. The Balaban J connectivity index is 2.74. The average molecular weight is 224 g/mol. The van der Waals surface area contributed by atoms with Gasteiger partial charge in [-0.3, -0.25) is 9.59 Å². The zero-order valence-corrected chi connectivity index (χ0v) is 9.73. The van der Waals surface area contributed by atoms with Crippen LogP contribution in [-0.2, 0) is 14.3 Å². The standard InChI is InChI=1S/C10H17BN2O3/c1-7(14)4-13(10(15)3-11)9-6-16-5-8(9)12-2/h8-9,12H,3-6H2,1-2H3/t8-,9-/m0/s1. The van der Waals surface area contributed by atoms with Gasteiger partial charge in [0.25, 0.3) is 0 Å². The summed E-state index contributed by atoms with van der Waals surface area (Å²) in [6.07, 6.45) is -0.0831. The van der Waals surface area contributed by atoms with Crippen molar-refractivity contribution in [3.63, 3.8) is 0 Å². The molecule has 1 amide bonds. The molecule has 0 aromatic carbocycles. The molecule has 1 N–H and O–H groups in total. The smallest absolute Gasteiger partial charge is 0.214 e. The number of nitrogens with one attached hydrogen (secondary N) is 1. The van der Waals surface area contributed by atoms with Gasteiger partial charge >= 0.3 is 0 Å². The van der Waals surface area contributed by atoms with Gasteiger partial charge in [0.1, 0.15) is 5.78 Å². The van der Waals surface area contributed by atoms with Gasteiger partial charge in [0.2, 0.25) is 5.91 Å². The summed E-state index contributed by atoms with van der Waals surface area (Å²) >= 11 is 0. The summed E-state index contributed by atoms with van der Waals surface area (Å²) in [6.45, 7) is 2.56. The van der Waals surface area contributed by atoms with Crippen molar-refractivity contribution in [3.05, 3.63) is 0 Å². The van der Waals surface area contributed by atoms with Crippen molar-refractivity contribution in [2.75, 3.05) is 26.8 Å². The number of ether oxygens (including phenoxy) is 1. The molecule has 1 saturated heterocycles. The lowest BCUT2D eigenvalue weighted by Gasteiger charge is -2.30. The van der Waals surface area contributed by atoms with Crippen LogP contribution >= 0.6 is 0 Å². The van der Waals surface area contributed by atoms with Crippen molar-refractivity contribution in [1.82, 2.24) is 10.2 Å². The van der Waals surface area contributed by atoms with Crippen molar-refractivity contribution in [2.24, 2.45) is 0 Å². The van der Waals surface area contributed by atoms with Crippen LogP contribution in [0.15, 0.2) is 0 Å². The number of amides is 1. The lowest BCUT2D eigenvalue weighted by atomic mass is 10.0. The minimum Gasteiger partial charge on any atom is -0.378 e. The summed E-state index contributed by atoms with van der Waals surface area (Å²) in [6, 6.07) is -0.0419. The first kappa shape index (κ1) is 13.2. The summed E-state index contributed by atoms with van der Waals surface area (Å²) in [5.41, 5.74) is 0. The van der Waals surface area contributed by atoms with Crippen molar-refractivity contribution < 1.29 is 14.3 Å². The van der Waals surface area contributed by atoms with Crippen LogP contribution in [0, 0.1) is 0 Å². The van der Waals surface area contributed by atoms with Crippen LogP contribution < -0.4 is 5.32 Å². The van der Waals surface area contributed by atoms with E-state index >= 15 is 0 Å². The zero-order valence-electron chi connectivity index (χ0n) is 9.73. The number of hydrogen-bond donors (Lipinski definition) is 1. The van der Waals surface area contributed by atoms with Gasteiger partial charge < -0.3 is 15.0 Å². The fourth-order valence-electron chi connectivity index (χ4n) is 1.87. The Morgan fingerprint density at radius 2 is 2.19 bits per heavy atom. The molecule has 2 atom stereocenters. The molecule has 1 aliphatic heterocycles. The molecule has 16 heavy (non-hydrogen) atoms. The molecule has 0 aromatic rings. The molecule has 88 valence electrons. The van der Waals surface area contributed by atoms with Gasteiger partial charge in [-0.05, 0) is 20.3 Å². The molecule has 1 heterocycles.